The third-order valence-electron chi connectivity index (χ3n) is 5.62. The van der Waals surface area contributed by atoms with Gasteiger partial charge in [-0.1, -0.05) is 12.1 Å². The number of hydrogen-bond acceptors (Lipinski definition) is 4. The van der Waals surface area contributed by atoms with E-state index in [1.165, 1.54) is 0 Å². The molecule has 0 bridgehead atoms. The van der Waals surface area contributed by atoms with E-state index in [4.69, 9.17) is 0 Å². The summed E-state index contributed by atoms with van der Waals surface area (Å²) < 4.78 is 1.96. The first kappa shape index (κ1) is 21.3. The Balaban J connectivity index is 1.32. The topological polar surface area (TPSA) is 96.3 Å². The fraction of sp³-hybridized carbons (Fsp3) is 0.250. The third kappa shape index (κ3) is 4.69. The Morgan fingerprint density at radius 1 is 0.938 bits per heavy atom. The summed E-state index contributed by atoms with van der Waals surface area (Å²) >= 11 is 0. The van der Waals surface area contributed by atoms with Gasteiger partial charge in [0.05, 0.1) is 12.0 Å². The molecule has 2 heterocycles. The molecule has 1 aliphatic rings. The van der Waals surface area contributed by atoms with Crippen LogP contribution in [0.1, 0.15) is 29.8 Å². The van der Waals surface area contributed by atoms with E-state index in [1.54, 1.807) is 30.6 Å². The zero-order chi connectivity index (χ0) is 22.7. The Kier molecular flexibility index (Phi) is 6.02. The fourth-order valence-corrected chi connectivity index (χ4v) is 3.63. The number of anilines is 2. The van der Waals surface area contributed by atoms with Gasteiger partial charge in [0, 0.05) is 42.3 Å². The molecule has 32 heavy (non-hydrogen) atoms. The van der Waals surface area contributed by atoms with Gasteiger partial charge in [-0.3, -0.25) is 14.4 Å². The Morgan fingerprint density at radius 2 is 1.53 bits per heavy atom. The zero-order valence-corrected chi connectivity index (χ0v) is 18.1. The van der Waals surface area contributed by atoms with Crippen LogP contribution in [0.5, 0.6) is 0 Å². The molecule has 0 atom stereocenters. The van der Waals surface area contributed by atoms with Crippen molar-refractivity contribution < 1.29 is 14.4 Å². The molecule has 0 aliphatic carbocycles. The van der Waals surface area contributed by atoms with E-state index in [-0.39, 0.29) is 5.91 Å². The lowest BCUT2D eigenvalue weighted by Gasteiger charge is -2.15. The lowest BCUT2D eigenvalue weighted by Crippen LogP contribution is -2.29. The molecule has 1 fully saturated rings. The van der Waals surface area contributed by atoms with Crippen molar-refractivity contribution in [1.82, 2.24) is 14.5 Å². The number of likely N-dealkylation sites (tertiary alicyclic amines) is 1. The number of nitrogens with zero attached hydrogens (tertiary/aromatic N) is 3. The van der Waals surface area contributed by atoms with Gasteiger partial charge in [0.1, 0.15) is 0 Å². The summed E-state index contributed by atoms with van der Waals surface area (Å²) in [6, 6.07) is 14.3. The number of aromatic nitrogens is 2. The van der Waals surface area contributed by atoms with Crippen LogP contribution >= 0.6 is 0 Å². The first-order chi connectivity index (χ1) is 15.4. The normalized spacial score (nSPS) is 13.3. The monoisotopic (exact) mass is 431 g/mol. The number of benzene rings is 2. The van der Waals surface area contributed by atoms with E-state index < -0.39 is 11.8 Å². The van der Waals surface area contributed by atoms with E-state index in [2.05, 4.69) is 15.6 Å². The van der Waals surface area contributed by atoms with Crippen molar-refractivity contribution in [2.24, 2.45) is 0 Å². The molecule has 3 amide bonds. The van der Waals surface area contributed by atoms with Crippen LogP contribution in [0, 0.1) is 13.8 Å². The Bertz CT molecular complexity index is 1150. The number of aryl methyl sites for hydroxylation is 1. The Morgan fingerprint density at radius 3 is 2.03 bits per heavy atom. The third-order valence-corrected chi connectivity index (χ3v) is 5.62. The van der Waals surface area contributed by atoms with Crippen LogP contribution < -0.4 is 10.6 Å². The van der Waals surface area contributed by atoms with Crippen LogP contribution in [0.15, 0.2) is 54.9 Å². The van der Waals surface area contributed by atoms with E-state index in [0.717, 1.165) is 35.6 Å². The summed E-state index contributed by atoms with van der Waals surface area (Å²) in [7, 11) is 0. The number of amides is 3. The molecule has 3 aromatic rings. The van der Waals surface area contributed by atoms with Crippen molar-refractivity contribution in [3.05, 3.63) is 71.8 Å². The minimum absolute atomic E-state index is 0.169. The molecule has 8 nitrogen and oxygen atoms in total. The van der Waals surface area contributed by atoms with E-state index in [0.29, 0.717) is 24.3 Å². The van der Waals surface area contributed by atoms with Crippen LogP contribution in [0.2, 0.25) is 0 Å². The minimum Gasteiger partial charge on any atom is -0.338 e. The fourth-order valence-electron chi connectivity index (χ4n) is 3.63. The van der Waals surface area contributed by atoms with Crippen molar-refractivity contribution in [2.75, 3.05) is 17.2 Å². The highest BCUT2D eigenvalue weighted by Gasteiger charge is 2.20. The molecular formula is C24H25N5O3. The second-order valence-corrected chi connectivity index (χ2v) is 7.86. The van der Waals surface area contributed by atoms with Gasteiger partial charge in [-0.2, -0.15) is 0 Å². The van der Waals surface area contributed by atoms with Gasteiger partial charge < -0.3 is 20.1 Å². The summed E-state index contributed by atoms with van der Waals surface area (Å²) in [6.45, 7) is 5.27. The molecule has 4 rings (SSSR count). The number of imidazole rings is 1. The predicted octanol–water partition coefficient (Wildman–Crippen LogP) is 3.19. The maximum atomic E-state index is 12.3. The highest BCUT2D eigenvalue weighted by atomic mass is 16.2. The van der Waals surface area contributed by atoms with Crippen molar-refractivity contribution >= 4 is 29.1 Å². The first-order valence-corrected chi connectivity index (χ1v) is 10.5. The lowest BCUT2D eigenvalue weighted by atomic mass is 10.2. The highest BCUT2D eigenvalue weighted by Crippen LogP contribution is 2.18. The van der Waals surface area contributed by atoms with Crippen LogP contribution in [0.4, 0.5) is 11.4 Å². The number of carbonyl (C=O) groups is 3. The molecule has 0 saturated carbocycles. The van der Waals surface area contributed by atoms with Crippen LogP contribution in [0.3, 0.4) is 0 Å². The second kappa shape index (κ2) is 9.05. The van der Waals surface area contributed by atoms with E-state index in [9.17, 15) is 14.4 Å². The molecule has 2 aromatic carbocycles. The molecule has 164 valence electrons. The lowest BCUT2D eigenvalue weighted by molar-refractivity contribution is -0.132. The average Bonchev–Trinajstić information content (AvgIpc) is 3.35. The molecule has 8 heteroatoms. The summed E-state index contributed by atoms with van der Waals surface area (Å²) in [6.07, 6.45) is 3.25. The summed E-state index contributed by atoms with van der Waals surface area (Å²) in [5.74, 6) is -1.33. The van der Waals surface area contributed by atoms with Gasteiger partial charge in [-0.15, -0.1) is 0 Å². The molecule has 2 N–H and O–H groups in total. The number of nitrogens with one attached hydrogen (secondary N) is 2. The van der Waals surface area contributed by atoms with E-state index in [1.807, 2.05) is 47.6 Å². The van der Waals surface area contributed by atoms with Gasteiger partial charge in [-0.05, 0) is 62.2 Å². The largest absolute Gasteiger partial charge is 0.338 e. The zero-order valence-electron chi connectivity index (χ0n) is 18.1. The van der Waals surface area contributed by atoms with Crippen LogP contribution in [0.25, 0.3) is 5.69 Å². The maximum Gasteiger partial charge on any atom is 0.314 e. The number of rotatable bonds is 5. The van der Waals surface area contributed by atoms with Gasteiger partial charge in [-0.25, -0.2) is 4.98 Å². The quantitative estimate of drug-likeness (QED) is 0.607. The smallest absolute Gasteiger partial charge is 0.314 e. The molecule has 0 radical (unpaired) electrons. The first-order valence-electron chi connectivity index (χ1n) is 10.5. The van der Waals surface area contributed by atoms with Gasteiger partial charge in [0.15, 0.2) is 0 Å². The van der Waals surface area contributed by atoms with Crippen LogP contribution in [-0.4, -0.2) is 38.7 Å². The molecule has 0 spiro atoms. The van der Waals surface area contributed by atoms with Gasteiger partial charge in [0.25, 0.3) is 0 Å². The standard InChI is InChI=1S/C24H25N5O3/c1-16-17(2)29(15-25-16)21-11-9-20(10-12-21)27-24(32)23(31)26-19-7-5-18(6-8-19)14-28-13-3-4-22(28)30/h5-12,15H,3-4,13-14H2,1-2H3,(H,26,31)(H,27,32). The van der Waals surface area contributed by atoms with Crippen molar-refractivity contribution in [3.63, 3.8) is 0 Å². The summed E-state index contributed by atoms with van der Waals surface area (Å²) in [5, 5.41) is 5.20. The average molecular weight is 431 g/mol. The molecule has 1 saturated heterocycles. The predicted molar refractivity (Wildman–Crippen MR) is 121 cm³/mol. The highest BCUT2D eigenvalue weighted by molar-refractivity contribution is 6.43. The second-order valence-electron chi connectivity index (χ2n) is 7.86. The van der Waals surface area contributed by atoms with Crippen molar-refractivity contribution in [1.29, 1.82) is 0 Å². The van der Waals surface area contributed by atoms with Crippen LogP contribution in [-0.2, 0) is 20.9 Å². The van der Waals surface area contributed by atoms with E-state index >= 15 is 0 Å². The van der Waals surface area contributed by atoms with Gasteiger partial charge >= 0.3 is 11.8 Å². The molecule has 0 unspecified atom stereocenters. The molecule has 1 aromatic heterocycles. The van der Waals surface area contributed by atoms with Crippen molar-refractivity contribution in [2.45, 2.75) is 33.2 Å². The van der Waals surface area contributed by atoms with Gasteiger partial charge in [0.2, 0.25) is 5.91 Å². The Hall–Kier alpha value is -3.94. The Labute approximate surface area is 186 Å². The number of carbonyl (C=O) groups excluding carboxylic acids is 3. The SMILES string of the molecule is Cc1ncn(-c2ccc(NC(=O)C(=O)Nc3ccc(CN4CCCC4=O)cc3)cc2)c1C. The molecule has 1 aliphatic heterocycles. The van der Waals surface area contributed by atoms with Crippen molar-refractivity contribution in [3.8, 4) is 5.69 Å². The molecular weight excluding hydrogens is 406 g/mol. The summed E-state index contributed by atoms with van der Waals surface area (Å²) in [4.78, 5) is 42.4. The minimum atomic E-state index is -0.752. The maximum absolute atomic E-state index is 12.3. The number of hydrogen-bond donors (Lipinski definition) is 2. The summed E-state index contributed by atoms with van der Waals surface area (Å²) in [5.41, 5.74) is 4.93.